The molecule has 5 heteroatoms. The number of nitrogens with two attached hydrogens (primary N) is 1. The Labute approximate surface area is 91.3 Å². The number of amides is 1. The van der Waals surface area contributed by atoms with Gasteiger partial charge in [0, 0.05) is 19.6 Å². The first-order valence-corrected chi connectivity index (χ1v) is 5.43. The van der Waals surface area contributed by atoms with Gasteiger partial charge >= 0.3 is 0 Å². The van der Waals surface area contributed by atoms with Crippen molar-refractivity contribution in [2.45, 2.75) is 19.8 Å². The summed E-state index contributed by atoms with van der Waals surface area (Å²) < 4.78 is 10.3. The highest BCUT2D eigenvalue weighted by Gasteiger charge is 1.99. The molecule has 0 spiro atoms. The largest absolute Gasteiger partial charge is 0.379 e. The Balaban J connectivity index is 3.10. The maximum absolute atomic E-state index is 11.1. The van der Waals surface area contributed by atoms with E-state index in [4.69, 9.17) is 15.2 Å². The van der Waals surface area contributed by atoms with Crippen molar-refractivity contribution in [1.29, 1.82) is 0 Å². The minimum atomic E-state index is 0.0138. The van der Waals surface area contributed by atoms with Crippen molar-refractivity contribution in [3.63, 3.8) is 0 Å². The third kappa shape index (κ3) is 11.3. The Bertz CT molecular complexity index is 154. The van der Waals surface area contributed by atoms with Crippen LogP contribution in [0.25, 0.3) is 0 Å². The highest BCUT2D eigenvalue weighted by molar-refractivity contribution is 5.75. The molecule has 0 radical (unpaired) electrons. The summed E-state index contributed by atoms with van der Waals surface area (Å²) in [7, 11) is 0. The predicted molar refractivity (Wildman–Crippen MR) is 58.6 cm³/mol. The quantitative estimate of drug-likeness (QED) is 0.502. The van der Waals surface area contributed by atoms with Crippen LogP contribution < -0.4 is 11.1 Å². The van der Waals surface area contributed by atoms with Crippen molar-refractivity contribution in [2.75, 3.05) is 39.5 Å². The molecule has 0 heterocycles. The van der Waals surface area contributed by atoms with Gasteiger partial charge in [0.2, 0.25) is 5.91 Å². The van der Waals surface area contributed by atoms with E-state index >= 15 is 0 Å². The summed E-state index contributed by atoms with van der Waals surface area (Å²) in [6.07, 6.45) is 1.22. The van der Waals surface area contributed by atoms with Crippen LogP contribution in [0.4, 0.5) is 0 Å². The molecule has 1 amide bonds. The number of hydrogen-bond donors (Lipinski definition) is 2. The SMILES string of the molecule is CCOCCOCCC(=O)NCCCN. The molecule has 0 fully saturated rings. The summed E-state index contributed by atoms with van der Waals surface area (Å²) in [6.45, 7) is 5.46. The standard InChI is InChI=1S/C10H22N2O3/c1-2-14-8-9-15-7-4-10(13)12-6-3-5-11/h2-9,11H2,1H3,(H,12,13). The topological polar surface area (TPSA) is 73.6 Å². The van der Waals surface area contributed by atoms with E-state index in [2.05, 4.69) is 5.32 Å². The Kier molecular flexibility index (Phi) is 10.9. The van der Waals surface area contributed by atoms with Crippen molar-refractivity contribution < 1.29 is 14.3 Å². The zero-order valence-electron chi connectivity index (χ0n) is 9.46. The first-order chi connectivity index (χ1) is 7.31. The number of rotatable bonds is 10. The fourth-order valence-corrected chi connectivity index (χ4v) is 0.947. The summed E-state index contributed by atoms with van der Waals surface area (Å²) in [5.41, 5.74) is 5.29. The molecule has 5 nitrogen and oxygen atoms in total. The molecule has 0 bridgehead atoms. The summed E-state index contributed by atoms with van der Waals surface area (Å²) in [5, 5.41) is 2.76. The Morgan fingerprint density at radius 3 is 2.67 bits per heavy atom. The van der Waals surface area contributed by atoms with Crippen LogP contribution in [0.15, 0.2) is 0 Å². The Hall–Kier alpha value is -0.650. The lowest BCUT2D eigenvalue weighted by Gasteiger charge is -2.05. The average molecular weight is 218 g/mol. The molecule has 0 atom stereocenters. The first kappa shape index (κ1) is 14.3. The summed E-state index contributed by atoms with van der Waals surface area (Å²) in [6, 6.07) is 0. The lowest BCUT2D eigenvalue weighted by Crippen LogP contribution is -2.26. The normalized spacial score (nSPS) is 10.3. The van der Waals surface area contributed by atoms with E-state index in [1.807, 2.05) is 6.92 Å². The van der Waals surface area contributed by atoms with Crippen LogP contribution in [0.5, 0.6) is 0 Å². The van der Waals surface area contributed by atoms with E-state index in [1.165, 1.54) is 0 Å². The Morgan fingerprint density at radius 1 is 1.27 bits per heavy atom. The molecule has 0 saturated carbocycles. The lowest BCUT2D eigenvalue weighted by molar-refractivity contribution is -0.122. The predicted octanol–water partition coefficient (Wildman–Crippen LogP) is -0.105. The maximum Gasteiger partial charge on any atom is 0.222 e. The average Bonchev–Trinajstić information content (AvgIpc) is 2.23. The monoisotopic (exact) mass is 218 g/mol. The second-order valence-corrected chi connectivity index (χ2v) is 3.05. The van der Waals surface area contributed by atoms with Gasteiger partial charge in [-0.25, -0.2) is 0 Å². The number of ether oxygens (including phenoxy) is 2. The number of hydrogen-bond acceptors (Lipinski definition) is 4. The van der Waals surface area contributed by atoms with Gasteiger partial charge in [-0.1, -0.05) is 0 Å². The third-order valence-corrected chi connectivity index (χ3v) is 1.75. The second kappa shape index (κ2) is 11.4. The Morgan fingerprint density at radius 2 is 2.00 bits per heavy atom. The highest BCUT2D eigenvalue weighted by atomic mass is 16.5. The van der Waals surface area contributed by atoms with Crippen LogP contribution in [0.2, 0.25) is 0 Å². The van der Waals surface area contributed by atoms with Gasteiger partial charge in [-0.3, -0.25) is 4.79 Å². The number of carbonyl (C=O) groups excluding carboxylic acids is 1. The third-order valence-electron chi connectivity index (χ3n) is 1.75. The smallest absolute Gasteiger partial charge is 0.222 e. The van der Waals surface area contributed by atoms with Gasteiger partial charge in [-0.2, -0.15) is 0 Å². The fourth-order valence-electron chi connectivity index (χ4n) is 0.947. The molecule has 0 aliphatic carbocycles. The van der Waals surface area contributed by atoms with Crippen molar-refractivity contribution in [3.05, 3.63) is 0 Å². The first-order valence-electron chi connectivity index (χ1n) is 5.43. The summed E-state index contributed by atoms with van der Waals surface area (Å²) >= 11 is 0. The highest BCUT2D eigenvalue weighted by Crippen LogP contribution is 1.84. The molecule has 0 aliphatic rings. The van der Waals surface area contributed by atoms with Crippen LogP contribution in [0, 0.1) is 0 Å². The van der Waals surface area contributed by atoms with Gasteiger partial charge in [0.05, 0.1) is 19.8 Å². The lowest BCUT2D eigenvalue weighted by atomic mass is 10.4. The molecular formula is C10H22N2O3. The van der Waals surface area contributed by atoms with E-state index in [0.29, 0.717) is 45.9 Å². The zero-order valence-corrected chi connectivity index (χ0v) is 9.46. The minimum absolute atomic E-state index is 0.0138. The number of nitrogens with one attached hydrogen (secondary N) is 1. The van der Waals surface area contributed by atoms with Crippen LogP contribution in [-0.4, -0.2) is 45.4 Å². The van der Waals surface area contributed by atoms with Crippen molar-refractivity contribution >= 4 is 5.91 Å². The van der Waals surface area contributed by atoms with E-state index in [-0.39, 0.29) is 5.91 Å². The van der Waals surface area contributed by atoms with Crippen LogP contribution >= 0.6 is 0 Å². The molecule has 3 N–H and O–H groups in total. The van der Waals surface area contributed by atoms with Gasteiger partial charge in [-0.15, -0.1) is 0 Å². The van der Waals surface area contributed by atoms with Gasteiger partial charge in [-0.05, 0) is 19.9 Å². The van der Waals surface area contributed by atoms with Crippen molar-refractivity contribution in [2.24, 2.45) is 5.73 Å². The summed E-state index contributed by atoms with van der Waals surface area (Å²) in [5.74, 6) is 0.0138. The van der Waals surface area contributed by atoms with E-state index in [0.717, 1.165) is 6.42 Å². The molecule has 90 valence electrons. The van der Waals surface area contributed by atoms with Gasteiger partial charge < -0.3 is 20.5 Å². The minimum Gasteiger partial charge on any atom is -0.379 e. The number of carbonyl (C=O) groups is 1. The van der Waals surface area contributed by atoms with E-state index < -0.39 is 0 Å². The van der Waals surface area contributed by atoms with Gasteiger partial charge in [0.1, 0.15) is 0 Å². The molecule has 0 aromatic rings. The van der Waals surface area contributed by atoms with Gasteiger partial charge in [0.15, 0.2) is 0 Å². The molecule has 0 saturated heterocycles. The van der Waals surface area contributed by atoms with E-state index in [1.54, 1.807) is 0 Å². The molecule has 0 aliphatic heterocycles. The molecule has 0 aromatic heterocycles. The molecule has 0 rings (SSSR count). The van der Waals surface area contributed by atoms with Gasteiger partial charge in [0.25, 0.3) is 0 Å². The molecule has 0 unspecified atom stereocenters. The van der Waals surface area contributed by atoms with Crippen LogP contribution in [0.3, 0.4) is 0 Å². The zero-order chi connectivity index (χ0) is 11.4. The molecule has 15 heavy (non-hydrogen) atoms. The van der Waals surface area contributed by atoms with Crippen molar-refractivity contribution in [3.8, 4) is 0 Å². The van der Waals surface area contributed by atoms with E-state index in [9.17, 15) is 4.79 Å². The fraction of sp³-hybridized carbons (Fsp3) is 0.900. The van der Waals surface area contributed by atoms with Crippen LogP contribution in [0.1, 0.15) is 19.8 Å². The van der Waals surface area contributed by atoms with Crippen LogP contribution in [-0.2, 0) is 14.3 Å². The maximum atomic E-state index is 11.1. The summed E-state index contributed by atoms with van der Waals surface area (Å²) in [4.78, 5) is 11.1. The van der Waals surface area contributed by atoms with Crippen molar-refractivity contribution in [1.82, 2.24) is 5.32 Å². The second-order valence-electron chi connectivity index (χ2n) is 3.05. The molecular weight excluding hydrogens is 196 g/mol. The molecule has 0 aromatic carbocycles.